The van der Waals surface area contributed by atoms with E-state index >= 15 is 0 Å². The number of ether oxygens (including phenoxy) is 1. The topological polar surface area (TPSA) is 66.8 Å². The van der Waals surface area contributed by atoms with E-state index in [9.17, 15) is 19.4 Å². The molecule has 3 aromatic carbocycles. The molecule has 4 nitrogen and oxygen atoms in total. The number of halogens is 1. The first kappa shape index (κ1) is 26.0. The smallest absolute Gasteiger partial charge is 0.303 e. The van der Waals surface area contributed by atoms with Gasteiger partial charge in [0.1, 0.15) is 23.9 Å². The molecule has 5 heteroatoms. The highest BCUT2D eigenvalue weighted by molar-refractivity contribution is 5.85. The fourth-order valence-electron chi connectivity index (χ4n) is 5.80. The molecule has 0 unspecified atom stereocenters. The van der Waals surface area contributed by atoms with Gasteiger partial charge in [0.05, 0.1) is 6.42 Å². The van der Waals surface area contributed by atoms with Gasteiger partial charge in [0, 0.05) is 5.56 Å². The van der Waals surface area contributed by atoms with Gasteiger partial charge in [0.15, 0.2) is 0 Å². The Bertz CT molecular complexity index is 1400. The van der Waals surface area contributed by atoms with Crippen LogP contribution in [0.4, 0.5) is 4.39 Å². The summed E-state index contributed by atoms with van der Waals surface area (Å²) in [7, 11) is 0. The number of aliphatic carboxylic acids is 1. The summed E-state index contributed by atoms with van der Waals surface area (Å²) in [5.74, 6) is -0.466. The van der Waals surface area contributed by atoms with E-state index in [-0.39, 0.29) is 34.7 Å². The highest BCUT2D eigenvalue weighted by atomic mass is 19.1. The van der Waals surface area contributed by atoms with Crippen LogP contribution in [0.15, 0.2) is 66.7 Å². The first-order chi connectivity index (χ1) is 18.1. The van der Waals surface area contributed by atoms with E-state index in [1.165, 1.54) is 23.8 Å². The van der Waals surface area contributed by atoms with Crippen LogP contribution in [0.25, 0.3) is 16.7 Å². The largest absolute Gasteiger partial charge is 0.508 e. The minimum atomic E-state index is -0.783. The summed E-state index contributed by atoms with van der Waals surface area (Å²) in [6, 6.07) is 17.8. The Morgan fingerprint density at radius 1 is 0.974 bits per heavy atom. The summed E-state index contributed by atoms with van der Waals surface area (Å²) in [5, 5.41) is 19.5. The molecule has 0 bridgehead atoms. The van der Waals surface area contributed by atoms with Crippen LogP contribution in [0, 0.1) is 16.6 Å². The van der Waals surface area contributed by atoms with E-state index in [1.54, 1.807) is 0 Å². The van der Waals surface area contributed by atoms with Crippen molar-refractivity contribution in [3.8, 4) is 22.6 Å². The quantitative estimate of drug-likeness (QED) is 0.301. The first-order valence-corrected chi connectivity index (χ1v) is 13.3. The molecule has 0 heterocycles. The second-order valence-corrected chi connectivity index (χ2v) is 11.8. The normalized spacial score (nSPS) is 18.1. The summed E-state index contributed by atoms with van der Waals surface area (Å²) >= 11 is 0. The minimum Gasteiger partial charge on any atom is -0.508 e. The number of rotatable bonds is 9. The molecule has 2 aliphatic rings. The van der Waals surface area contributed by atoms with Gasteiger partial charge in [-0.2, -0.15) is 0 Å². The molecular weight excluding hydrogens is 479 g/mol. The van der Waals surface area contributed by atoms with Crippen molar-refractivity contribution in [1.29, 1.82) is 0 Å². The Hall–Kier alpha value is -3.60. The maximum atomic E-state index is 14.9. The van der Waals surface area contributed by atoms with E-state index in [4.69, 9.17) is 4.74 Å². The number of carboxylic acids is 1. The monoisotopic (exact) mass is 514 g/mol. The number of hydrogen-bond donors (Lipinski definition) is 2. The number of phenolic OH excluding ortho intramolecular Hbond substituents is 1. The number of aromatic hydroxyl groups is 1. The summed E-state index contributed by atoms with van der Waals surface area (Å²) in [6.45, 7) is 6.90. The van der Waals surface area contributed by atoms with Crippen LogP contribution < -0.4 is 4.74 Å². The van der Waals surface area contributed by atoms with Gasteiger partial charge in [0.25, 0.3) is 0 Å². The summed E-state index contributed by atoms with van der Waals surface area (Å²) in [5.41, 5.74) is 5.19. The van der Waals surface area contributed by atoms with Gasteiger partial charge in [-0.3, -0.25) is 4.79 Å². The van der Waals surface area contributed by atoms with Gasteiger partial charge in [-0.15, -0.1) is 0 Å². The fourth-order valence-corrected chi connectivity index (χ4v) is 5.80. The molecule has 1 fully saturated rings. The zero-order valence-electron chi connectivity index (χ0n) is 22.3. The lowest BCUT2D eigenvalue weighted by Crippen LogP contribution is -2.15. The van der Waals surface area contributed by atoms with Crippen molar-refractivity contribution in [1.82, 2.24) is 0 Å². The van der Waals surface area contributed by atoms with E-state index < -0.39 is 5.97 Å². The van der Waals surface area contributed by atoms with Gasteiger partial charge in [-0.25, -0.2) is 4.39 Å². The molecule has 1 saturated carbocycles. The molecular formula is C33H35FO4. The third-order valence-corrected chi connectivity index (χ3v) is 8.39. The molecule has 2 aliphatic carbocycles. The van der Waals surface area contributed by atoms with Gasteiger partial charge in [-0.05, 0) is 107 Å². The molecule has 0 radical (unpaired) electrons. The number of hydrogen-bond acceptors (Lipinski definition) is 3. The maximum absolute atomic E-state index is 14.9. The third kappa shape index (κ3) is 5.33. The Morgan fingerprint density at radius 2 is 1.76 bits per heavy atom. The Morgan fingerprint density at radius 3 is 2.45 bits per heavy atom. The van der Waals surface area contributed by atoms with Crippen LogP contribution in [0.2, 0.25) is 0 Å². The average molecular weight is 515 g/mol. The first-order valence-electron chi connectivity index (χ1n) is 13.3. The van der Waals surface area contributed by atoms with Gasteiger partial charge in [0.2, 0.25) is 0 Å². The minimum absolute atomic E-state index is 0.0283. The molecule has 38 heavy (non-hydrogen) atoms. The third-order valence-electron chi connectivity index (χ3n) is 8.39. The Balaban J connectivity index is 1.44. The number of carboxylic acid groups (broad SMARTS) is 1. The van der Waals surface area contributed by atoms with Crippen LogP contribution in [0.5, 0.6) is 11.5 Å². The SMILES string of the molecule is CC1(C)CCC=C1c1cc(COc2cccc([C@@H](CC(=O)O)C3(C)CC3)c2)ccc1-c1cc(O)ccc1F. The second-order valence-electron chi connectivity index (χ2n) is 11.8. The van der Waals surface area contributed by atoms with Gasteiger partial charge in [-0.1, -0.05) is 51.1 Å². The number of allylic oxidation sites excluding steroid dienone is 2. The van der Waals surface area contributed by atoms with Crippen LogP contribution in [0.3, 0.4) is 0 Å². The maximum Gasteiger partial charge on any atom is 0.303 e. The molecule has 198 valence electrons. The molecule has 0 saturated heterocycles. The van der Waals surface area contributed by atoms with Crippen molar-refractivity contribution in [2.24, 2.45) is 10.8 Å². The highest BCUT2D eigenvalue weighted by Crippen LogP contribution is 2.57. The zero-order chi connectivity index (χ0) is 27.1. The second kappa shape index (κ2) is 9.94. The number of benzene rings is 3. The average Bonchev–Trinajstić information content (AvgIpc) is 3.53. The predicted octanol–water partition coefficient (Wildman–Crippen LogP) is 8.34. The molecule has 2 N–H and O–H groups in total. The van der Waals surface area contributed by atoms with E-state index in [2.05, 4.69) is 32.9 Å². The molecule has 1 atom stereocenters. The number of carbonyl (C=O) groups is 1. The molecule has 0 aliphatic heterocycles. The summed E-state index contributed by atoms with van der Waals surface area (Å²) in [6.07, 6.45) is 6.41. The Kier molecular flexibility index (Phi) is 6.81. The van der Waals surface area contributed by atoms with Gasteiger partial charge < -0.3 is 14.9 Å². The molecule has 0 spiro atoms. The molecule has 3 aromatic rings. The molecule has 0 aromatic heterocycles. The van der Waals surface area contributed by atoms with E-state index in [0.29, 0.717) is 17.9 Å². The highest BCUT2D eigenvalue weighted by Gasteiger charge is 2.46. The van der Waals surface area contributed by atoms with Crippen molar-refractivity contribution in [3.63, 3.8) is 0 Å². The Labute approximate surface area is 223 Å². The van der Waals surface area contributed by atoms with Crippen LogP contribution in [-0.4, -0.2) is 16.2 Å². The van der Waals surface area contributed by atoms with Gasteiger partial charge >= 0.3 is 5.97 Å². The predicted molar refractivity (Wildman–Crippen MR) is 148 cm³/mol. The fraction of sp³-hybridized carbons (Fsp3) is 0.364. The molecule has 0 amide bonds. The van der Waals surface area contributed by atoms with Crippen LogP contribution in [0.1, 0.15) is 75.5 Å². The van der Waals surface area contributed by atoms with Crippen molar-refractivity contribution < 1.29 is 24.1 Å². The van der Waals surface area contributed by atoms with Crippen molar-refractivity contribution in [2.75, 3.05) is 0 Å². The summed E-state index contributed by atoms with van der Waals surface area (Å²) < 4.78 is 21.1. The zero-order valence-corrected chi connectivity index (χ0v) is 22.3. The van der Waals surface area contributed by atoms with Crippen LogP contribution >= 0.6 is 0 Å². The van der Waals surface area contributed by atoms with E-state index in [0.717, 1.165) is 47.9 Å². The lowest BCUT2D eigenvalue weighted by molar-refractivity contribution is -0.137. The lowest BCUT2D eigenvalue weighted by atomic mass is 9.79. The van der Waals surface area contributed by atoms with Crippen LogP contribution in [-0.2, 0) is 11.4 Å². The van der Waals surface area contributed by atoms with Crippen molar-refractivity contribution in [3.05, 3.63) is 89.2 Å². The van der Waals surface area contributed by atoms with E-state index in [1.807, 2.05) is 36.4 Å². The summed E-state index contributed by atoms with van der Waals surface area (Å²) in [4.78, 5) is 11.5. The number of phenols is 1. The molecule has 5 rings (SSSR count). The van der Waals surface area contributed by atoms with Crippen molar-refractivity contribution in [2.45, 2.75) is 65.4 Å². The lowest BCUT2D eigenvalue weighted by Gasteiger charge is -2.25. The van der Waals surface area contributed by atoms with Crippen molar-refractivity contribution >= 4 is 11.5 Å². The standard InChI is InChI=1S/C33H35FO4/c1-32(2)13-5-8-28(32)26-16-21(9-11-25(26)27-18-23(35)10-12-30(27)34)20-38-24-7-4-6-22(17-24)29(19-31(36)37)33(3)14-15-33/h4,6-12,16-18,29,35H,5,13-15,19-20H2,1-3H3,(H,36,37)/t29-/m1/s1.